The predicted octanol–water partition coefficient (Wildman–Crippen LogP) is 12.7. The molecule has 0 aliphatic carbocycles. The summed E-state index contributed by atoms with van der Waals surface area (Å²) in [5, 5.41) is 45.7. The second-order valence-corrected chi connectivity index (χ2v) is 20.7. The number of nitro groups is 2. The number of nitrogens with zero attached hydrogens (tertiary/aromatic N) is 9. The number of H-pyrrole nitrogens is 1. The van der Waals surface area contributed by atoms with Gasteiger partial charge in [-0.2, -0.15) is 9.46 Å². The molecule has 0 atom stereocenters. The molecule has 0 amide bonds. The van der Waals surface area contributed by atoms with Crippen molar-refractivity contribution >= 4 is 228 Å². The quantitative estimate of drug-likeness (QED) is 0.0323. The van der Waals surface area contributed by atoms with Crippen molar-refractivity contribution in [1.82, 2.24) is 29.5 Å². The van der Waals surface area contributed by atoms with Gasteiger partial charge in [0.05, 0.1) is 54.3 Å². The van der Waals surface area contributed by atoms with E-state index in [0.29, 0.717) is 48.9 Å². The van der Waals surface area contributed by atoms with Gasteiger partial charge in [0.25, 0.3) is 14.9 Å². The molecule has 0 spiro atoms. The van der Waals surface area contributed by atoms with Crippen LogP contribution in [0.25, 0.3) is 21.8 Å². The van der Waals surface area contributed by atoms with Gasteiger partial charge < -0.3 is 43.7 Å². The minimum Gasteiger partial charge on any atom is -1.00 e. The summed E-state index contributed by atoms with van der Waals surface area (Å²) in [5.74, 6) is 0. The van der Waals surface area contributed by atoms with Crippen LogP contribution in [0.4, 0.5) is 16.2 Å². The third-order valence-corrected chi connectivity index (χ3v) is 12.3. The van der Waals surface area contributed by atoms with Gasteiger partial charge in [0, 0.05) is 79.7 Å². The molecule has 8 heterocycles. The third kappa shape index (κ3) is 23.7. The van der Waals surface area contributed by atoms with Crippen molar-refractivity contribution < 1.29 is 45.8 Å². The fourth-order valence-electron chi connectivity index (χ4n) is 4.49. The molecule has 0 saturated heterocycles. The minimum atomic E-state index is -0.660. The second kappa shape index (κ2) is 34.3. The first-order chi connectivity index (χ1) is 33.2. The molecule has 73 heavy (non-hydrogen) atoms. The van der Waals surface area contributed by atoms with E-state index in [1.807, 2.05) is 33.0 Å². The molecule has 8 rings (SSSR count). The molecule has 1 N–H and O–H groups in total. The summed E-state index contributed by atoms with van der Waals surface area (Å²) in [6.45, 7) is 12.4. The van der Waals surface area contributed by atoms with E-state index in [2.05, 4.69) is 134 Å². The van der Waals surface area contributed by atoms with Crippen molar-refractivity contribution in [3.8, 4) is 0 Å². The number of hydrogen-bond acceptors (Lipinski definition) is 12. The Morgan fingerprint density at radius 2 is 1.21 bits per heavy atom. The van der Waals surface area contributed by atoms with Gasteiger partial charge in [-0.05, 0) is 115 Å². The van der Waals surface area contributed by atoms with Gasteiger partial charge >= 0.3 is 34.8 Å². The van der Waals surface area contributed by atoms with Crippen molar-refractivity contribution in [2.75, 3.05) is 0 Å². The van der Waals surface area contributed by atoms with Gasteiger partial charge in [-0.3, -0.25) is 31.4 Å². The molecule has 0 bridgehead atoms. The van der Waals surface area contributed by atoms with Gasteiger partial charge in [0.2, 0.25) is 6.20 Å². The van der Waals surface area contributed by atoms with Gasteiger partial charge in [0.1, 0.15) is 34.1 Å². The van der Waals surface area contributed by atoms with Crippen molar-refractivity contribution in [1.29, 1.82) is 0 Å². The summed E-state index contributed by atoms with van der Waals surface area (Å²) in [5.41, 5.74) is 0.523. The van der Waals surface area contributed by atoms with E-state index in [4.69, 9.17) is 74.3 Å². The molecule has 0 radical (unpaired) electrons. The molecule has 32 heteroatoms. The Morgan fingerprint density at radius 1 is 0.685 bits per heavy atom. The molecular weight excluding hydrogens is 1560 g/mol. The first-order valence-electron chi connectivity index (χ1n) is 18.4. The number of hydrogen-bond donors (Lipinski definition) is 1. The van der Waals surface area contributed by atoms with Crippen LogP contribution in [0.1, 0.15) is 20.8 Å². The standard InChI is InChI=1S/C12H12BrClN2O2.C7H4BrClN2.C5H2BrClN2O3.C5H2BrClN2O2.C5H3BrClNO.C5H3BrClN.C2H3.BrH.Mg/c1-12(2,3)18-11(17)16-5-4-7-9(16)8(14)6-15-10(7)13;8-7-4-1-2-10-6(4)5(9)3-11-7;6-5-1-4(9(11)12)3(7)2-8(5)10;6-5-1-4(9(10)11)3(7)2-8-5;6-5-2-1-4(7)3-8(5)9;6-5-2-1-4(7)3-8-5;1-2;;/h4-6H,1-3H3;1-3,10H;1-2H;1-2H;1-3H;1-3H;1H,2H2;1H;/q;;;;;;-1;;+2/p-1. The van der Waals surface area contributed by atoms with Crippen LogP contribution in [-0.2, 0) is 4.74 Å². The topological polar surface area (TPSA) is 239 Å². The Balaban J connectivity index is 0.000000857. The Morgan fingerprint density at radius 3 is 1.70 bits per heavy atom. The SMILES string of the molecule is CC(C)(C)OC(=O)n1ccc2c(Br)ncc(Cl)c21.Clc1ccc(Br)nc1.Clc1cnc(Br)c2cc[nH]c12.O=[N+]([O-])c1cc(Br)[n+]([O-])cc1Cl.O=[N+]([O-])c1cc(Br)ncc1Cl.[Br-].[CH-]=C.[Mg+2].[O-][n+]1cc(Cl)ccc1Br. The number of nitrogens with one attached hydrogen (secondary N) is 1. The van der Waals surface area contributed by atoms with Crippen LogP contribution >= 0.6 is 165 Å². The number of halogens is 13. The predicted molar refractivity (Wildman–Crippen MR) is 302 cm³/mol. The normalized spacial score (nSPS) is 9.85. The number of carbonyl (C=O) groups excluding carboxylic acids is 1. The Labute approximate surface area is 522 Å². The number of rotatable bonds is 2. The van der Waals surface area contributed by atoms with E-state index in [9.17, 15) is 35.4 Å². The molecule has 384 valence electrons. The molecule has 0 aliphatic heterocycles. The van der Waals surface area contributed by atoms with E-state index >= 15 is 0 Å². The van der Waals surface area contributed by atoms with E-state index in [1.54, 1.807) is 48.9 Å². The van der Waals surface area contributed by atoms with Crippen molar-refractivity contribution in [3.05, 3.63) is 200 Å². The van der Waals surface area contributed by atoms with Crippen molar-refractivity contribution in [2.45, 2.75) is 26.4 Å². The van der Waals surface area contributed by atoms with Crippen LogP contribution in [0, 0.1) is 37.2 Å². The number of ether oxygens (including phenoxy) is 1. The summed E-state index contributed by atoms with van der Waals surface area (Å²) < 4.78 is 10.9. The van der Waals surface area contributed by atoms with Crippen LogP contribution in [-0.4, -0.2) is 74.1 Å². The second-order valence-electron chi connectivity index (χ2n) is 13.4. The molecule has 0 aromatic carbocycles. The fourth-order valence-corrected chi connectivity index (χ4v) is 7.55. The van der Waals surface area contributed by atoms with Gasteiger partial charge in [-0.15, -0.1) is 0 Å². The Kier molecular flexibility index (Phi) is 33.1. The maximum absolute atomic E-state index is 12.0. The number of aromatic amines is 1. The number of fused-ring (bicyclic) bond motifs is 2. The maximum Gasteiger partial charge on any atom is 2.00 e. The third-order valence-electron chi connectivity index (χ3n) is 7.37. The van der Waals surface area contributed by atoms with E-state index in [1.165, 1.54) is 29.2 Å². The first-order valence-corrected chi connectivity index (χ1v) is 25.4. The summed E-state index contributed by atoms with van der Waals surface area (Å²) in [7, 11) is 0. The van der Waals surface area contributed by atoms with Crippen molar-refractivity contribution in [3.63, 3.8) is 0 Å². The summed E-state index contributed by atoms with van der Waals surface area (Å²) >= 11 is 52.5. The zero-order valence-electron chi connectivity index (χ0n) is 36.9. The molecule has 0 saturated carbocycles. The average Bonchev–Trinajstić information content (AvgIpc) is 4.00. The van der Waals surface area contributed by atoms with Crippen LogP contribution in [0.3, 0.4) is 0 Å². The van der Waals surface area contributed by atoms with Gasteiger partial charge in [0.15, 0.2) is 11.2 Å². The molecule has 0 unspecified atom stereocenters. The van der Waals surface area contributed by atoms with Crippen LogP contribution in [0.5, 0.6) is 0 Å². The average molecular weight is 1590 g/mol. The molecule has 18 nitrogen and oxygen atoms in total. The number of aromatic nitrogens is 8. The molecule has 0 fully saturated rings. The summed E-state index contributed by atoms with van der Waals surface area (Å²) in [6, 6.07) is 12.8. The van der Waals surface area contributed by atoms with Gasteiger partial charge in [-0.1, -0.05) is 69.6 Å². The van der Waals surface area contributed by atoms with Crippen molar-refractivity contribution in [2.24, 2.45) is 0 Å². The fraction of sp³-hybridized carbons (Fsp3) is 0.0976. The largest absolute Gasteiger partial charge is 2.00 e. The minimum absolute atomic E-state index is 0. The zero-order valence-corrected chi connectivity index (χ0v) is 54.0. The molecular formula is C41H29Br7Cl6MgN10O8. The smallest absolute Gasteiger partial charge is 1.00 e. The van der Waals surface area contributed by atoms with E-state index < -0.39 is 21.5 Å². The van der Waals surface area contributed by atoms with Crippen LogP contribution in [0.15, 0.2) is 132 Å². The van der Waals surface area contributed by atoms with Crippen LogP contribution < -0.4 is 26.4 Å². The molecule has 0 aliphatic rings. The monoisotopic (exact) mass is 1580 g/mol. The Hall–Kier alpha value is -2.54. The van der Waals surface area contributed by atoms with E-state index in [-0.39, 0.29) is 66.1 Å². The zero-order chi connectivity index (χ0) is 53.9. The van der Waals surface area contributed by atoms with E-state index in [0.717, 1.165) is 37.8 Å². The number of carbonyl (C=O) groups is 1. The first kappa shape index (κ1) is 70.5. The number of pyridine rings is 6. The molecule has 8 aromatic rings. The summed E-state index contributed by atoms with van der Waals surface area (Å²) in [4.78, 5) is 50.1. The maximum atomic E-state index is 12.0. The molecule has 8 aromatic heterocycles. The van der Waals surface area contributed by atoms with Crippen LogP contribution in [0.2, 0.25) is 30.1 Å². The Bertz CT molecular complexity index is 3070. The summed E-state index contributed by atoms with van der Waals surface area (Å²) in [6.07, 6.45) is 11.1. The van der Waals surface area contributed by atoms with Gasteiger partial charge in [-0.25, -0.2) is 24.7 Å².